The summed E-state index contributed by atoms with van der Waals surface area (Å²) in [6.07, 6.45) is 1.61. The van der Waals surface area contributed by atoms with Crippen molar-refractivity contribution in [3.63, 3.8) is 0 Å². The average molecular weight is 338 g/mol. The van der Waals surface area contributed by atoms with Gasteiger partial charge in [0.1, 0.15) is 5.25 Å². The zero-order valence-corrected chi connectivity index (χ0v) is 14.7. The molecule has 2 aliphatic heterocycles. The van der Waals surface area contributed by atoms with Gasteiger partial charge < -0.3 is 4.74 Å². The molecule has 0 bridgehead atoms. The zero-order chi connectivity index (χ0) is 16.5. The van der Waals surface area contributed by atoms with E-state index in [4.69, 9.17) is 4.74 Å². The summed E-state index contributed by atoms with van der Waals surface area (Å²) >= 11 is 0. The van der Waals surface area contributed by atoms with E-state index in [2.05, 4.69) is 47.7 Å². The summed E-state index contributed by atoms with van der Waals surface area (Å²) in [7, 11) is -3.29. The Morgan fingerprint density at radius 1 is 1.30 bits per heavy atom. The molecule has 0 aliphatic carbocycles. The normalized spacial score (nSPS) is 23.0. The van der Waals surface area contributed by atoms with Gasteiger partial charge in [-0.3, -0.25) is 4.90 Å². The molecule has 0 unspecified atom stereocenters. The van der Waals surface area contributed by atoms with Crippen LogP contribution in [0.15, 0.2) is 24.3 Å². The molecule has 0 amide bonds. The molecule has 5 nitrogen and oxygen atoms in total. The van der Waals surface area contributed by atoms with Gasteiger partial charge >= 0.3 is 0 Å². The largest absolute Gasteiger partial charge is 0.380 e. The molecule has 1 atom stereocenters. The Morgan fingerprint density at radius 3 is 2.74 bits per heavy atom. The molecular weight excluding hydrogens is 312 g/mol. The van der Waals surface area contributed by atoms with Crippen molar-refractivity contribution >= 4 is 10.0 Å². The van der Waals surface area contributed by atoms with Crippen LogP contribution >= 0.6 is 0 Å². The van der Waals surface area contributed by atoms with Crippen LogP contribution in [0.1, 0.15) is 31.4 Å². The van der Waals surface area contributed by atoms with E-state index >= 15 is 0 Å². The fourth-order valence-electron chi connectivity index (χ4n) is 3.28. The molecule has 0 spiro atoms. The number of rotatable bonds is 5. The van der Waals surface area contributed by atoms with Crippen molar-refractivity contribution < 1.29 is 13.2 Å². The van der Waals surface area contributed by atoms with Crippen molar-refractivity contribution in [1.29, 1.82) is 0 Å². The Labute approximate surface area is 139 Å². The van der Waals surface area contributed by atoms with E-state index in [1.807, 2.05) is 0 Å². The van der Waals surface area contributed by atoms with E-state index in [0.717, 1.165) is 19.5 Å². The summed E-state index contributed by atoms with van der Waals surface area (Å²) in [4.78, 5) is 2.36. The highest BCUT2D eigenvalue weighted by molar-refractivity contribution is 7.90. The van der Waals surface area contributed by atoms with E-state index in [1.165, 1.54) is 11.1 Å². The molecule has 6 heteroatoms. The predicted molar refractivity (Wildman–Crippen MR) is 90.8 cm³/mol. The molecule has 2 heterocycles. The highest BCUT2D eigenvalue weighted by atomic mass is 32.2. The molecule has 3 rings (SSSR count). The second kappa shape index (κ2) is 6.51. The Kier molecular flexibility index (Phi) is 4.78. The van der Waals surface area contributed by atoms with E-state index < -0.39 is 15.3 Å². The number of nitrogens with one attached hydrogen (secondary N) is 1. The second-order valence-corrected chi connectivity index (χ2v) is 9.15. The molecule has 1 N–H and O–H groups in total. The molecule has 1 aromatic carbocycles. The van der Waals surface area contributed by atoms with Crippen LogP contribution in [0.4, 0.5) is 0 Å². The lowest BCUT2D eigenvalue weighted by Gasteiger charge is -2.41. The van der Waals surface area contributed by atoms with Crippen LogP contribution in [-0.2, 0) is 27.7 Å². The maximum Gasteiger partial charge on any atom is 0.216 e. The van der Waals surface area contributed by atoms with Crippen molar-refractivity contribution in [3.05, 3.63) is 35.4 Å². The zero-order valence-electron chi connectivity index (χ0n) is 13.9. The quantitative estimate of drug-likeness (QED) is 0.885. The van der Waals surface area contributed by atoms with Crippen LogP contribution < -0.4 is 4.72 Å². The number of hydrogen-bond acceptors (Lipinski definition) is 4. The maximum atomic E-state index is 12.4. The van der Waals surface area contributed by atoms with E-state index in [9.17, 15) is 8.42 Å². The van der Waals surface area contributed by atoms with E-state index in [0.29, 0.717) is 26.2 Å². The van der Waals surface area contributed by atoms with Gasteiger partial charge in [-0.05, 0) is 37.8 Å². The molecule has 0 radical (unpaired) electrons. The first-order valence-electron chi connectivity index (χ1n) is 8.26. The van der Waals surface area contributed by atoms with Crippen LogP contribution in [-0.4, -0.2) is 50.4 Å². The van der Waals surface area contributed by atoms with Gasteiger partial charge in [0.15, 0.2) is 0 Å². The minimum absolute atomic E-state index is 0.222. The van der Waals surface area contributed by atoms with Gasteiger partial charge in [-0.2, -0.15) is 0 Å². The van der Waals surface area contributed by atoms with E-state index in [-0.39, 0.29) is 5.54 Å². The van der Waals surface area contributed by atoms with Gasteiger partial charge in [0.2, 0.25) is 10.0 Å². The third kappa shape index (κ3) is 3.76. The lowest BCUT2D eigenvalue weighted by atomic mass is 9.94. The molecule has 23 heavy (non-hydrogen) atoms. The highest BCUT2D eigenvalue weighted by Crippen LogP contribution is 2.25. The topological polar surface area (TPSA) is 58.6 Å². The molecule has 1 aromatic rings. The molecule has 0 saturated carbocycles. The van der Waals surface area contributed by atoms with E-state index in [1.54, 1.807) is 0 Å². The fraction of sp³-hybridized carbons (Fsp3) is 0.647. The molecule has 1 saturated heterocycles. The Hall–Kier alpha value is -0.950. The lowest BCUT2D eigenvalue weighted by Crippen LogP contribution is -2.54. The summed E-state index contributed by atoms with van der Waals surface area (Å²) in [6, 6.07) is 8.50. The van der Waals surface area contributed by atoms with Crippen molar-refractivity contribution in [1.82, 2.24) is 9.62 Å². The summed E-state index contributed by atoms with van der Waals surface area (Å²) < 4.78 is 32.7. The molecule has 1 fully saturated rings. The third-order valence-electron chi connectivity index (χ3n) is 5.02. The Morgan fingerprint density at radius 2 is 2.04 bits per heavy atom. The predicted octanol–water partition coefficient (Wildman–Crippen LogP) is 1.53. The minimum atomic E-state index is -3.29. The molecule has 128 valence electrons. The Balaban J connectivity index is 1.63. The van der Waals surface area contributed by atoms with Gasteiger partial charge in [0.25, 0.3) is 0 Å². The number of fused-ring (bicyclic) bond motifs is 1. The fourth-order valence-corrected chi connectivity index (χ4v) is 4.75. The summed E-state index contributed by atoms with van der Waals surface area (Å²) in [5, 5.41) is -0.402. The molecular formula is C17H26N2O3S. The third-order valence-corrected chi connectivity index (χ3v) is 6.82. The van der Waals surface area contributed by atoms with Crippen molar-refractivity contribution in [3.8, 4) is 0 Å². The average Bonchev–Trinajstić information content (AvgIpc) is 3.08. The number of hydrogen-bond donors (Lipinski definition) is 1. The number of ether oxygens (including phenoxy) is 1. The minimum Gasteiger partial charge on any atom is -0.380 e. The van der Waals surface area contributed by atoms with Crippen LogP contribution in [0.2, 0.25) is 0 Å². The van der Waals surface area contributed by atoms with Gasteiger partial charge in [-0.15, -0.1) is 0 Å². The van der Waals surface area contributed by atoms with Gasteiger partial charge in [-0.25, -0.2) is 13.1 Å². The maximum absolute atomic E-state index is 12.4. The van der Waals surface area contributed by atoms with Crippen LogP contribution in [0.25, 0.3) is 0 Å². The first kappa shape index (κ1) is 16.9. The Bertz CT molecular complexity index is 652. The SMILES string of the molecule is CC(C)(CNS(=O)(=O)[C@H]1CCOC1)N1CCc2ccccc2C1. The molecule has 2 aliphatic rings. The molecule has 0 aromatic heterocycles. The number of nitrogens with zero attached hydrogens (tertiary/aromatic N) is 1. The summed E-state index contributed by atoms with van der Waals surface area (Å²) in [5.41, 5.74) is 2.53. The van der Waals surface area contributed by atoms with Crippen molar-refractivity contribution in [2.45, 2.75) is 44.0 Å². The van der Waals surface area contributed by atoms with Crippen molar-refractivity contribution in [2.75, 3.05) is 26.3 Å². The monoisotopic (exact) mass is 338 g/mol. The lowest BCUT2D eigenvalue weighted by molar-refractivity contribution is 0.108. The first-order chi connectivity index (χ1) is 10.9. The number of sulfonamides is 1. The van der Waals surface area contributed by atoms with Crippen LogP contribution in [0, 0.1) is 0 Å². The first-order valence-corrected chi connectivity index (χ1v) is 9.81. The summed E-state index contributed by atoms with van der Waals surface area (Å²) in [5.74, 6) is 0. The van der Waals surface area contributed by atoms with Crippen molar-refractivity contribution in [2.24, 2.45) is 0 Å². The summed E-state index contributed by atoms with van der Waals surface area (Å²) in [6.45, 7) is 7.32. The second-order valence-electron chi connectivity index (χ2n) is 7.10. The van der Waals surface area contributed by atoms with Gasteiger partial charge in [0, 0.05) is 31.8 Å². The van der Waals surface area contributed by atoms with Crippen LogP contribution in [0.5, 0.6) is 0 Å². The van der Waals surface area contributed by atoms with Gasteiger partial charge in [-0.1, -0.05) is 24.3 Å². The standard InChI is InChI=1S/C17H26N2O3S/c1-17(2,13-18-23(20,21)16-8-10-22-12-16)19-9-7-14-5-3-4-6-15(14)11-19/h3-6,16,18H,7-13H2,1-2H3/t16-/m0/s1. The number of benzene rings is 1. The smallest absolute Gasteiger partial charge is 0.216 e. The highest BCUT2D eigenvalue weighted by Gasteiger charge is 2.34. The van der Waals surface area contributed by atoms with Gasteiger partial charge in [0.05, 0.1) is 6.61 Å². The van der Waals surface area contributed by atoms with Crippen LogP contribution in [0.3, 0.4) is 0 Å².